The van der Waals surface area contributed by atoms with Crippen LogP contribution in [0.1, 0.15) is 49.3 Å². The molecule has 2 nitrogen and oxygen atoms in total. The molecule has 18 heavy (non-hydrogen) atoms. The lowest BCUT2D eigenvalue weighted by Gasteiger charge is -2.48. The number of aliphatic hydroxyl groups is 1. The van der Waals surface area contributed by atoms with Gasteiger partial charge in [0, 0.05) is 12.0 Å². The molecule has 3 atom stereocenters. The quantitative estimate of drug-likeness (QED) is 0.797. The number of fused-ring (bicyclic) bond motifs is 1. The molecular formula is C16H23NO. The van der Waals surface area contributed by atoms with Crippen molar-refractivity contribution in [2.24, 2.45) is 5.92 Å². The first-order valence-electron chi connectivity index (χ1n) is 7.21. The summed E-state index contributed by atoms with van der Waals surface area (Å²) in [6.45, 7) is 3.06. The highest BCUT2D eigenvalue weighted by Gasteiger charge is 2.45. The summed E-state index contributed by atoms with van der Waals surface area (Å²) in [4.78, 5) is 0. The standard InChI is InChI=1S/C16H23NO/c1-12-5-7-13(8-6-12)15-14-4-2-3-9-16(14,18)10-11-17-15/h5-8,14-15,17-18H,2-4,9-11H2,1H3/t14-,15-,16+/m1/s1. The Bertz CT molecular complexity index is 410. The van der Waals surface area contributed by atoms with Gasteiger partial charge in [-0.2, -0.15) is 0 Å². The van der Waals surface area contributed by atoms with Gasteiger partial charge in [-0.1, -0.05) is 42.7 Å². The molecule has 0 bridgehead atoms. The molecule has 2 aliphatic rings. The Balaban J connectivity index is 1.88. The first-order chi connectivity index (χ1) is 8.69. The third kappa shape index (κ3) is 2.08. The van der Waals surface area contributed by atoms with E-state index >= 15 is 0 Å². The van der Waals surface area contributed by atoms with E-state index in [2.05, 4.69) is 36.5 Å². The Kier molecular flexibility index (Phi) is 3.16. The minimum absolute atomic E-state index is 0.338. The number of benzene rings is 1. The van der Waals surface area contributed by atoms with Crippen molar-refractivity contribution < 1.29 is 5.11 Å². The van der Waals surface area contributed by atoms with Gasteiger partial charge in [-0.25, -0.2) is 0 Å². The van der Waals surface area contributed by atoms with Crippen LogP contribution in [-0.4, -0.2) is 17.3 Å². The average Bonchev–Trinajstić information content (AvgIpc) is 2.38. The summed E-state index contributed by atoms with van der Waals surface area (Å²) in [6.07, 6.45) is 5.51. The maximum Gasteiger partial charge on any atom is 0.0706 e. The van der Waals surface area contributed by atoms with Crippen molar-refractivity contribution in [3.63, 3.8) is 0 Å². The predicted octanol–water partition coefficient (Wildman–Crippen LogP) is 2.95. The Morgan fingerprint density at radius 3 is 2.72 bits per heavy atom. The van der Waals surface area contributed by atoms with Crippen molar-refractivity contribution in [2.75, 3.05) is 6.54 Å². The van der Waals surface area contributed by atoms with Gasteiger partial charge in [0.2, 0.25) is 0 Å². The van der Waals surface area contributed by atoms with Crippen LogP contribution < -0.4 is 5.32 Å². The van der Waals surface area contributed by atoms with E-state index in [4.69, 9.17) is 0 Å². The SMILES string of the molecule is Cc1ccc([C@H]2NCC[C@@]3(O)CCCC[C@H]23)cc1. The highest BCUT2D eigenvalue weighted by Crippen LogP contribution is 2.45. The maximum absolute atomic E-state index is 10.8. The third-order valence-corrected chi connectivity index (χ3v) is 4.83. The molecule has 2 heteroatoms. The lowest BCUT2D eigenvalue weighted by atomic mass is 9.67. The van der Waals surface area contributed by atoms with Crippen LogP contribution >= 0.6 is 0 Å². The summed E-state index contributed by atoms with van der Waals surface area (Å²) in [7, 11) is 0. The molecule has 0 amide bonds. The highest BCUT2D eigenvalue weighted by molar-refractivity contribution is 5.26. The lowest BCUT2D eigenvalue weighted by molar-refractivity contribution is -0.0861. The maximum atomic E-state index is 10.8. The van der Waals surface area contributed by atoms with E-state index in [0.29, 0.717) is 12.0 Å². The van der Waals surface area contributed by atoms with Gasteiger partial charge in [-0.3, -0.25) is 0 Å². The molecule has 0 aromatic heterocycles. The Morgan fingerprint density at radius 1 is 1.17 bits per heavy atom. The second-order valence-electron chi connectivity index (χ2n) is 6.05. The molecule has 2 N–H and O–H groups in total. The first-order valence-corrected chi connectivity index (χ1v) is 7.21. The zero-order chi connectivity index (χ0) is 12.6. The molecule has 1 heterocycles. The van der Waals surface area contributed by atoms with Gasteiger partial charge in [-0.05, 0) is 38.3 Å². The minimum atomic E-state index is -0.418. The number of piperidine rings is 1. The Labute approximate surface area is 109 Å². The van der Waals surface area contributed by atoms with Crippen molar-refractivity contribution >= 4 is 0 Å². The van der Waals surface area contributed by atoms with Crippen LogP contribution in [-0.2, 0) is 0 Å². The second kappa shape index (κ2) is 4.67. The van der Waals surface area contributed by atoms with Crippen molar-refractivity contribution in [3.05, 3.63) is 35.4 Å². The molecular weight excluding hydrogens is 222 g/mol. The molecule has 1 aromatic carbocycles. The molecule has 1 aliphatic heterocycles. The predicted molar refractivity (Wildman–Crippen MR) is 73.4 cm³/mol. The summed E-state index contributed by atoms with van der Waals surface area (Å²) in [5.74, 6) is 0.391. The van der Waals surface area contributed by atoms with Crippen LogP contribution in [0.4, 0.5) is 0 Å². The summed E-state index contributed by atoms with van der Waals surface area (Å²) in [6, 6.07) is 9.12. The second-order valence-corrected chi connectivity index (χ2v) is 6.05. The molecule has 1 aromatic rings. The van der Waals surface area contributed by atoms with Gasteiger partial charge < -0.3 is 10.4 Å². The number of hydrogen-bond acceptors (Lipinski definition) is 2. The molecule has 1 saturated heterocycles. The van der Waals surface area contributed by atoms with Crippen molar-refractivity contribution in [1.29, 1.82) is 0 Å². The van der Waals surface area contributed by atoms with Gasteiger partial charge in [0.1, 0.15) is 0 Å². The third-order valence-electron chi connectivity index (χ3n) is 4.83. The summed E-state index contributed by atoms with van der Waals surface area (Å²) in [5, 5.41) is 14.5. The van der Waals surface area contributed by atoms with E-state index in [9.17, 15) is 5.11 Å². The van der Waals surface area contributed by atoms with Crippen LogP contribution in [0, 0.1) is 12.8 Å². The fourth-order valence-corrected chi connectivity index (χ4v) is 3.75. The van der Waals surface area contributed by atoms with E-state index in [1.165, 1.54) is 24.0 Å². The summed E-state index contributed by atoms with van der Waals surface area (Å²) >= 11 is 0. The van der Waals surface area contributed by atoms with E-state index in [0.717, 1.165) is 25.8 Å². The number of nitrogens with one attached hydrogen (secondary N) is 1. The molecule has 1 saturated carbocycles. The van der Waals surface area contributed by atoms with Gasteiger partial charge in [0.25, 0.3) is 0 Å². The molecule has 3 rings (SSSR count). The van der Waals surface area contributed by atoms with Crippen LogP contribution in [0.15, 0.2) is 24.3 Å². The largest absolute Gasteiger partial charge is 0.389 e. The minimum Gasteiger partial charge on any atom is -0.389 e. The molecule has 0 unspecified atom stereocenters. The molecule has 0 spiro atoms. The monoisotopic (exact) mass is 245 g/mol. The lowest BCUT2D eigenvalue weighted by Crippen LogP contribution is -2.53. The van der Waals surface area contributed by atoms with Crippen LogP contribution in [0.3, 0.4) is 0 Å². The van der Waals surface area contributed by atoms with Crippen LogP contribution in [0.5, 0.6) is 0 Å². The van der Waals surface area contributed by atoms with Crippen molar-refractivity contribution in [2.45, 2.75) is 50.7 Å². The number of rotatable bonds is 1. The summed E-state index contributed by atoms with van der Waals surface area (Å²) in [5.41, 5.74) is 2.22. The number of aryl methyl sites for hydroxylation is 1. The average molecular weight is 245 g/mol. The van der Waals surface area contributed by atoms with E-state index in [-0.39, 0.29) is 0 Å². The topological polar surface area (TPSA) is 32.3 Å². The van der Waals surface area contributed by atoms with Gasteiger partial charge in [0.15, 0.2) is 0 Å². The fraction of sp³-hybridized carbons (Fsp3) is 0.625. The van der Waals surface area contributed by atoms with E-state index < -0.39 is 5.60 Å². The van der Waals surface area contributed by atoms with E-state index in [1.54, 1.807) is 0 Å². The molecule has 2 fully saturated rings. The number of hydrogen-bond donors (Lipinski definition) is 2. The molecule has 98 valence electrons. The van der Waals surface area contributed by atoms with E-state index in [1.807, 2.05) is 0 Å². The summed E-state index contributed by atoms with van der Waals surface area (Å²) < 4.78 is 0. The zero-order valence-electron chi connectivity index (χ0n) is 11.2. The van der Waals surface area contributed by atoms with Crippen LogP contribution in [0.2, 0.25) is 0 Å². The normalized spacial score (nSPS) is 36.1. The van der Waals surface area contributed by atoms with Crippen molar-refractivity contribution in [3.8, 4) is 0 Å². The molecule has 0 radical (unpaired) electrons. The van der Waals surface area contributed by atoms with Gasteiger partial charge in [-0.15, -0.1) is 0 Å². The smallest absolute Gasteiger partial charge is 0.0706 e. The van der Waals surface area contributed by atoms with Gasteiger partial charge in [0.05, 0.1) is 5.60 Å². The van der Waals surface area contributed by atoms with Gasteiger partial charge >= 0.3 is 0 Å². The highest BCUT2D eigenvalue weighted by atomic mass is 16.3. The zero-order valence-corrected chi connectivity index (χ0v) is 11.2. The Morgan fingerprint density at radius 2 is 1.94 bits per heavy atom. The Hall–Kier alpha value is -0.860. The van der Waals surface area contributed by atoms with Crippen molar-refractivity contribution in [1.82, 2.24) is 5.32 Å². The molecule has 1 aliphatic carbocycles. The fourth-order valence-electron chi connectivity index (χ4n) is 3.75. The first kappa shape index (κ1) is 12.2. The van der Waals surface area contributed by atoms with Crippen LogP contribution in [0.25, 0.3) is 0 Å².